The van der Waals surface area contributed by atoms with Crippen LogP contribution in [0.3, 0.4) is 0 Å². The van der Waals surface area contributed by atoms with Gasteiger partial charge in [-0.1, -0.05) is 42.5 Å². The minimum Gasteiger partial charge on any atom is -0.444 e. The molecule has 2 aliphatic heterocycles. The molecule has 6 rings (SSSR count). The second kappa shape index (κ2) is 16.1. The number of carbonyl (C=O) groups excluding carboxylic acids is 2. The summed E-state index contributed by atoms with van der Waals surface area (Å²) in [6, 6.07) is 16.6. The number of piperidine rings is 2. The molecule has 11 nitrogen and oxygen atoms in total. The summed E-state index contributed by atoms with van der Waals surface area (Å²) >= 11 is 0. The molecule has 13 heteroatoms. The van der Waals surface area contributed by atoms with Crippen LogP contribution in [0.25, 0.3) is 0 Å². The van der Waals surface area contributed by atoms with E-state index in [-0.39, 0.29) is 75.3 Å². The average Bonchev–Trinajstić information content (AvgIpc) is 3.14. The predicted octanol–water partition coefficient (Wildman–Crippen LogP) is 6.77. The van der Waals surface area contributed by atoms with Crippen molar-refractivity contribution in [2.75, 3.05) is 31.9 Å². The molecule has 2 saturated heterocycles. The molecule has 3 fully saturated rings. The van der Waals surface area contributed by atoms with Crippen LogP contribution >= 0.6 is 0 Å². The highest BCUT2D eigenvalue weighted by molar-refractivity contribution is 5.80. The van der Waals surface area contributed by atoms with E-state index in [0.717, 1.165) is 36.8 Å². The lowest BCUT2D eigenvalue weighted by atomic mass is 9.73. The normalized spacial score (nSPS) is 21.7. The first kappa shape index (κ1) is 39.2. The number of amides is 2. The summed E-state index contributed by atoms with van der Waals surface area (Å²) in [6.45, 7) is 7.43. The first-order valence-electron chi connectivity index (χ1n) is 19.1. The number of likely N-dealkylation sites (tertiary alicyclic amines) is 2. The van der Waals surface area contributed by atoms with Gasteiger partial charge in [0.25, 0.3) is 5.56 Å². The van der Waals surface area contributed by atoms with Crippen molar-refractivity contribution in [1.82, 2.24) is 19.4 Å². The molecule has 1 aliphatic carbocycles. The molecule has 2 atom stereocenters. The number of hydrogen-bond acceptors (Lipinski definition) is 8. The summed E-state index contributed by atoms with van der Waals surface area (Å²) in [7, 11) is 0. The van der Waals surface area contributed by atoms with Crippen molar-refractivity contribution in [2.45, 2.75) is 108 Å². The van der Waals surface area contributed by atoms with Crippen LogP contribution in [0.2, 0.25) is 0 Å². The summed E-state index contributed by atoms with van der Waals surface area (Å²) in [5.74, 6) is -3.15. The van der Waals surface area contributed by atoms with E-state index in [1.165, 1.54) is 10.9 Å². The van der Waals surface area contributed by atoms with Gasteiger partial charge in [0.1, 0.15) is 17.7 Å². The Bertz CT molecular complexity index is 1810. The van der Waals surface area contributed by atoms with Gasteiger partial charge in [0.05, 0.1) is 12.1 Å². The number of hydrogen-bond donors (Lipinski definition) is 2. The smallest absolute Gasteiger partial charge is 0.410 e. The lowest BCUT2D eigenvalue weighted by molar-refractivity contribution is -0.145. The Balaban J connectivity index is 0.986. The Hall–Kier alpha value is -4.52. The quantitative estimate of drug-likeness (QED) is 0.244. The highest BCUT2D eigenvalue weighted by atomic mass is 19.3. The number of rotatable bonds is 9. The molecular weight excluding hydrogens is 696 g/mol. The number of benzene rings is 2. The van der Waals surface area contributed by atoms with Crippen LogP contribution in [0, 0.1) is 11.8 Å². The van der Waals surface area contributed by atoms with Crippen molar-refractivity contribution >= 4 is 17.7 Å². The number of aromatic nitrogens is 2. The number of halogens is 2. The third kappa shape index (κ3) is 9.77. The molecule has 0 radical (unpaired) electrons. The molecule has 0 bridgehead atoms. The van der Waals surface area contributed by atoms with Gasteiger partial charge >= 0.3 is 6.09 Å². The zero-order valence-corrected chi connectivity index (χ0v) is 31.5. The molecular formula is C41H53F2N5O6. The zero-order valence-electron chi connectivity index (χ0n) is 31.5. The van der Waals surface area contributed by atoms with Gasteiger partial charge < -0.3 is 30.1 Å². The third-order valence-electron chi connectivity index (χ3n) is 11.1. The molecule has 1 aromatic heterocycles. The van der Waals surface area contributed by atoms with Gasteiger partial charge in [0, 0.05) is 50.9 Å². The number of carbonyl (C=O) groups is 2. The van der Waals surface area contributed by atoms with Crippen LogP contribution < -0.4 is 16.0 Å². The number of nitrogen functional groups attached to an aromatic ring is 1. The lowest BCUT2D eigenvalue weighted by Gasteiger charge is -2.42. The Morgan fingerprint density at radius 3 is 2.26 bits per heavy atom. The van der Waals surface area contributed by atoms with Gasteiger partial charge in [-0.05, 0) is 94.9 Å². The Kier molecular flexibility index (Phi) is 11.7. The molecule has 3 N–H and O–H groups in total. The van der Waals surface area contributed by atoms with E-state index < -0.39 is 34.5 Å². The SMILES string of the molecule is CC(C)(C)OC(=O)N1CCC(CCc2ccc(Oc3ncn(CC4(O)CCN(C(=O)[C@@H]5CCC(F)(F)C[C@H]5c5ccccc5)CC4)c(=O)c3N)cc2)CC1. The number of ether oxygens (including phenoxy) is 2. The van der Waals surface area contributed by atoms with Crippen molar-refractivity contribution in [3.05, 3.63) is 82.4 Å². The van der Waals surface area contributed by atoms with E-state index in [9.17, 15) is 28.3 Å². The van der Waals surface area contributed by atoms with Crippen molar-refractivity contribution < 1.29 is 33.0 Å². The van der Waals surface area contributed by atoms with Gasteiger partial charge in [-0.25, -0.2) is 18.6 Å². The number of nitrogens with zero attached hydrogens (tertiary/aromatic N) is 4. The van der Waals surface area contributed by atoms with Crippen LogP contribution in [-0.4, -0.2) is 79.8 Å². The van der Waals surface area contributed by atoms with Gasteiger partial charge in [-0.15, -0.1) is 0 Å². The number of aryl methyl sites for hydroxylation is 1. The Morgan fingerprint density at radius 1 is 0.944 bits per heavy atom. The first-order valence-corrected chi connectivity index (χ1v) is 19.1. The maximum absolute atomic E-state index is 14.5. The summed E-state index contributed by atoms with van der Waals surface area (Å²) in [5.41, 5.74) is 5.54. The largest absolute Gasteiger partial charge is 0.444 e. The maximum Gasteiger partial charge on any atom is 0.410 e. The van der Waals surface area contributed by atoms with Crippen molar-refractivity contribution in [3.8, 4) is 11.6 Å². The molecule has 292 valence electrons. The predicted molar refractivity (Wildman–Crippen MR) is 201 cm³/mol. The van der Waals surface area contributed by atoms with E-state index in [1.54, 1.807) is 34.1 Å². The minimum absolute atomic E-state index is 0.0285. The fourth-order valence-corrected chi connectivity index (χ4v) is 7.95. The molecule has 54 heavy (non-hydrogen) atoms. The highest BCUT2D eigenvalue weighted by Crippen LogP contribution is 2.46. The van der Waals surface area contributed by atoms with Crippen LogP contribution in [-0.2, 0) is 22.5 Å². The minimum atomic E-state index is -2.82. The number of anilines is 1. The maximum atomic E-state index is 14.5. The second-order valence-corrected chi connectivity index (χ2v) is 16.4. The summed E-state index contributed by atoms with van der Waals surface area (Å²) < 4.78 is 41.5. The summed E-state index contributed by atoms with van der Waals surface area (Å²) in [4.78, 5) is 47.0. The second-order valence-electron chi connectivity index (χ2n) is 16.4. The van der Waals surface area contributed by atoms with Crippen LogP contribution in [0.5, 0.6) is 11.6 Å². The zero-order chi connectivity index (χ0) is 38.7. The first-order chi connectivity index (χ1) is 25.6. The number of alkyl halides is 2. The van der Waals surface area contributed by atoms with Gasteiger partial charge in [0.15, 0.2) is 5.69 Å². The summed E-state index contributed by atoms with van der Waals surface area (Å²) in [6.07, 6.45) is 4.65. The molecule has 3 aliphatic rings. The van der Waals surface area contributed by atoms with Crippen LogP contribution in [0.1, 0.15) is 89.2 Å². The molecule has 3 heterocycles. The van der Waals surface area contributed by atoms with E-state index in [4.69, 9.17) is 15.2 Å². The summed E-state index contributed by atoms with van der Waals surface area (Å²) in [5, 5.41) is 11.5. The van der Waals surface area contributed by atoms with Crippen molar-refractivity contribution in [3.63, 3.8) is 0 Å². The molecule has 0 unspecified atom stereocenters. The van der Waals surface area contributed by atoms with Crippen LogP contribution in [0.15, 0.2) is 65.7 Å². The van der Waals surface area contributed by atoms with Crippen LogP contribution in [0.4, 0.5) is 19.3 Å². The number of nitrogens with two attached hydrogens (primary N) is 1. The topological polar surface area (TPSA) is 140 Å². The molecule has 2 aromatic carbocycles. The Morgan fingerprint density at radius 2 is 1.61 bits per heavy atom. The van der Waals surface area contributed by atoms with Gasteiger partial charge in [-0.2, -0.15) is 0 Å². The Labute approximate surface area is 315 Å². The van der Waals surface area contributed by atoms with Gasteiger partial charge in [0.2, 0.25) is 17.7 Å². The van der Waals surface area contributed by atoms with Crippen molar-refractivity contribution in [2.24, 2.45) is 11.8 Å². The highest BCUT2D eigenvalue weighted by Gasteiger charge is 2.46. The lowest BCUT2D eigenvalue weighted by Crippen LogP contribution is -2.52. The number of aliphatic hydroxyl groups is 1. The molecule has 2 amide bonds. The standard InChI is InChI=1S/C41H53F2N5O6/c1-39(2,3)54-38(51)47-21-16-29(17-22-47)10-9-28-11-13-31(14-12-28)53-35-34(44)37(50)48(27-45-35)26-40(52)19-23-46(24-20-40)36(49)32-15-18-41(42,43)25-33(32)30-7-5-4-6-8-30/h4-8,11-14,27,29,32-33,52H,9-10,15-26,44H2,1-3H3/t32-,33+/m1/s1. The molecule has 3 aromatic rings. The van der Waals surface area contributed by atoms with Crippen molar-refractivity contribution in [1.29, 1.82) is 0 Å². The van der Waals surface area contributed by atoms with E-state index >= 15 is 0 Å². The third-order valence-corrected chi connectivity index (χ3v) is 11.1. The van der Waals surface area contributed by atoms with Gasteiger partial charge in [-0.3, -0.25) is 14.2 Å². The fraction of sp³-hybridized carbons (Fsp3) is 0.561. The van der Waals surface area contributed by atoms with E-state index in [1.807, 2.05) is 51.1 Å². The average molecular weight is 750 g/mol. The monoisotopic (exact) mass is 749 g/mol. The van der Waals surface area contributed by atoms with E-state index in [2.05, 4.69) is 4.98 Å². The molecule has 0 spiro atoms. The van der Waals surface area contributed by atoms with E-state index in [0.29, 0.717) is 24.8 Å². The molecule has 1 saturated carbocycles. The fourth-order valence-electron chi connectivity index (χ4n) is 7.95.